The van der Waals surface area contributed by atoms with Crippen molar-refractivity contribution in [2.75, 3.05) is 19.8 Å². The molecule has 117 valence electrons. The number of ether oxygens (including phenoxy) is 1. The van der Waals surface area contributed by atoms with Gasteiger partial charge in [-0.3, -0.25) is 0 Å². The number of hydrogen-bond acceptors (Lipinski definition) is 5. The van der Waals surface area contributed by atoms with E-state index in [-0.39, 0.29) is 18.8 Å². The Hall–Kier alpha value is -0.226. The van der Waals surface area contributed by atoms with Gasteiger partial charge in [0.15, 0.2) is 0 Å². The molecule has 0 aliphatic rings. The molecule has 0 aliphatic heterocycles. The summed E-state index contributed by atoms with van der Waals surface area (Å²) in [4.78, 5) is 22.0. The Morgan fingerprint density at radius 1 is 1.00 bits per heavy atom. The van der Waals surface area contributed by atoms with E-state index in [9.17, 15) is 9.59 Å². The van der Waals surface area contributed by atoms with Crippen molar-refractivity contribution < 1.29 is 39.6 Å². The number of carbonyl (C=O) groups is 2. The van der Waals surface area contributed by atoms with Gasteiger partial charge in [0.05, 0.1) is 0 Å². The van der Waals surface area contributed by atoms with Crippen molar-refractivity contribution in [1.29, 1.82) is 0 Å². The maximum absolute atomic E-state index is 11.3. The van der Waals surface area contributed by atoms with E-state index in [0.29, 0.717) is 29.8 Å². The minimum absolute atomic E-state index is 0.158. The van der Waals surface area contributed by atoms with Gasteiger partial charge in [0.2, 0.25) is 0 Å². The Labute approximate surface area is 129 Å². The Kier molecular flexibility index (Phi) is 11.3. The van der Waals surface area contributed by atoms with Crippen LogP contribution in [0.25, 0.3) is 0 Å². The third-order valence-electron chi connectivity index (χ3n) is 2.12. The molecule has 0 saturated carbocycles. The van der Waals surface area contributed by atoms with E-state index < -0.39 is 24.6 Å². The summed E-state index contributed by atoms with van der Waals surface area (Å²) in [7, 11) is 0. The molecule has 0 unspecified atom stereocenters. The van der Waals surface area contributed by atoms with Gasteiger partial charge in [0.25, 0.3) is 0 Å². The molecule has 0 aromatic rings. The first kappa shape index (κ1) is 19.8. The fourth-order valence-electron chi connectivity index (χ4n) is 1.21. The summed E-state index contributed by atoms with van der Waals surface area (Å²) >= 11 is -2.09. The number of Topliss-reactive ketones (excluding diaryl/α,β-unsaturated/α-hetero) is 1. The average molecular weight is 323 g/mol. The molecular weight excluding hydrogens is 296 g/mol. The van der Waals surface area contributed by atoms with Crippen molar-refractivity contribution in [3.8, 4) is 0 Å². The van der Waals surface area contributed by atoms with Crippen LogP contribution in [0.3, 0.4) is 0 Å². The zero-order valence-electron chi connectivity index (χ0n) is 13.2. The van der Waals surface area contributed by atoms with Gasteiger partial charge in [-0.15, -0.1) is 0 Å². The van der Waals surface area contributed by atoms with E-state index >= 15 is 0 Å². The Balaban J connectivity index is 4.00. The topological polar surface area (TPSA) is 61.8 Å². The third kappa shape index (κ3) is 12.8. The molecule has 20 heavy (non-hydrogen) atoms. The molecule has 0 rings (SSSR count). The molecule has 0 fully saturated rings. The second-order valence-electron chi connectivity index (χ2n) is 5.63. The van der Waals surface area contributed by atoms with Crippen molar-refractivity contribution in [2.45, 2.75) is 45.8 Å². The fourth-order valence-corrected chi connectivity index (χ4v) is 3.83. The molecule has 0 radical (unpaired) electrons. The number of hydrogen-bond donors (Lipinski definition) is 0. The first-order chi connectivity index (χ1) is 9.31. The molecule has 0 aliphatic carbocycles. The van der Waals surface area contributed by atoms with Crippen LogP contribution in [0.5, 0.6) is 0 Å². The molecule has 0 N–H and O–H groups in total. The van der Waals surface area contributed by atoms with Crippen molar-refractivity contribution >= 4 is 11.8 Å². The van der Waals surface area contributed by atoms with Crippen LogP contribution in [-0.2, 0) is 39.6 Å². The van der Waals surface area contributed by atoms with Crippen molar-refractivity contribution in [2.24, 2.45) is 11.8 Å². The third-order valence-corrected chi connectivity index (χ3v) is 4.60. The van der Waals surface area contributed by atoms with Crippen molar-refractivity contribution in [3.05, 3.63) is 0 Å². The summed E-state index contributed by atoms with van der Waals surface area (Å²) in [6, 6.07) is 0. The summed E-state index contributed by atoms with van der Waals surface area (Å²) in [5.74, 6) is 0.266. The molecule has 0 aromatic heterocycles. The fraction of sp³-hybridized carbons (Fsp3) is 0.857. The summed E-state index contributed by atoms with van der Waals surface area (Å²) < 4.78 is 17.3. The van der Waals surface area contributed by atoms with Gasteiger partial charge < -0.3 is 0 Å². The molecule has 0 atom stereocenters. The van der Waals surface area contributed by atoms with E-state index in [1.54, 1.807) is 0 Å². The minimum atomic E-state index is -2.09. The molecule has 6 heteroatoms. The Bertz CT molecular complexity index is 279. The number of esters is 1. The predicted octanol–water partition coefficient (Wildman–Crippen LogP) is 2.72. The molecule has 0 heterocycles. The van der Waals surface area contributed by atoms with Crippen LogP contribution in [0.2, 0.25) is 4.73 Å². The molecule has 0 amide bonds. The second-order valence-corrected chi connectivity index (χ2v) is 8.48. The monoisotopic (exact) mass is 323 g/mol. The van der Waals surface area contributed by atoms with Gasteiger partial charge in [-0.05, 0) is 0 Å². The Morgan fingerprint density at radius 3 is 1.90 bits per heavy atom. The van der Waals surface area contributed by atoms with E-state index in [0.717, 1.165) is 0 Å². The van der Waals surface area contributed by atoms with Gasteiger partial charge in [-0.2, -0.15) is 0 Å². The van der Waals surface area contributed by atoms with E-state index in [1.165, 1.54) is 6.92 Å². The van der Waals surface area contributed by atoms with Crippen LogP contribution < -0.4 is 0 Å². The number of ketones is 1. The van der Waals surface area contributed by atoms with Crippen LogP contribution in [0.15, 0.2) is 0 Å². The van der Waals surface area contributed by atoms with Crippen LogP contribution in [-0.4, -0.2) is 31.6 Å². The van der Waals surface area contributed by atoms with Gasteiger partial charge in [-0.1, -0.05) is 0 Å². The van der Waals surface area contributed by atoms with Crippen LogP contribution in [0.4, 0.5) is 0 Å². The molecular formula is C14H27O5Ti. The standard InChI is InChI=1S/C6H9O3.2C4H9O.Ti/c1-3-9-6(8)4-5(2)7;2*1-4(2)3-5;/h1,3-4H2,2H3;2*4H,3H2,1-2H3;/q;2*-1;+2. The van der Waals surface area contributed by atoms with Gasteiger partial charge in [0, 0.05) is 0 Å². The number of carbonyl (C=O) groups excluding carboxylic acids is 2. The van der Waals surface area contributed by atoms with E-state index in [1.807, 2.05) is 0 Å². The summed E-state index contributed by atoms with van der Waals surface area (Å²) in [5, 5.41) is 0. The molecule has 0 spiro atoms. The second kappa shape index (κ2) is 11.4. The maximum atomic E-state index is 11.3. The SMILES string of the molecule is CC(=O)CC(=O)OC[CH2][Ti]([O]CC(C)C)[O]CC(C)C. The van der Waals surface area contributed by atoms with Crippen molar-refractivity contribution in [3.63, 3.8) is 0 Å². The molecule has 0 aromatic carbocycles. The number of rotatable bonds is 11. The average Bonchev–Trinajstić information content (AvgIpc) is 2.30. The zero-order chi connectivity index (χ0) is 15.5. The normalized spacial score (nSPS) is 10.9. The predicted molar refractivity (Wildman–Crippen MR) is 72.6 cm³/mol. The van der Waals surface area contributed by atoms with Gasteiger partial charge in [-0.25, -0.2) is 0 Å². The first-order valence-corrected chi connectivity index (χ1v) is 9.45. The zero-order valence-corrected chi connectivity index (χ0v) is 14.8. The molecule has 0 saturated heterocycles. The summed E-state index contributed by atoms with van der Waals surface area (Å²) in [6.07, 6.45) is -0.158. The molecule has 0 bridgehead atoms. The van der Waals surface area contributed by atoms with E-state index in [2.05, 4.69) is 27.7 Å². The van der Waals surface area contributed by atoms with Crippen molar-refractivity contribution in [1.82, 2.24) is 0 Å². The summed E-state index contributed by atoms with van der Waals surface area (Å²) in [6.45, 7) is 11.4. The summed E-state index contributed by atoms with van der Waals surface area (Å²) in [5.41, 5.74) is 0. The van der Waals surface area contributed by atoms with Crippen LogP contribution in [0, 0.1) is 11.8 Å². The molecule has 5 nitrogen and oxygen atoms in total. The van der Waals surface area contributed by atoms with Crippen LogP contribution in [0.1, 0.15) is 41.0 Å². The van der Waals surface area contributed by atoms with Gasteiger partial charge >= 0.3 is 129 Å². The quantitative estimate of drug-likeness (QED) is 0.332. The van der Waals surface area contributed by atoms with Gasteiger partial charge in [0.1, 0.15) is 0 Å². The first-order valence-electron chi connectivity index (χ1n) is 7.07. The van der Waals surface area contributed by atoms with Crippen LogP contribution >= 0.6 is 0 Å². The van der Waals surface area contributed by atoms with E-state index in [4.69, 9.17) is 11.4 Å². The Morgan fingerprint density at radius 2 is 1.50 bits per heavy atom.